The number of aliphatic carboxylic acids is 1. The standard InChI is InChI=1S/C6H10N2O3/c9-5-3-7-2-4(8-5)1-6(10)11/h4,7H,1-3H2,(H,8,9)(H,10,11)/t4-/m0/s1. The summed E-state index contributed by atoms with van der Waals surface area (Å²) in [6, 6.07) is -0.256. The van der Waals surface area contributed by atoms with Crippen LogP contribution in [0.4, 0.5) is 0 Å². The Morgan fingerprint density at radius 1 is 1.73 bits per heavy atom. The maximum absolute atomic E-state index is 10.7. The number of carbonyl (C=O) groups excluding carboxylic acids is 1. The summed E-state index contributed by atoms with van der Waals surface area (Å²) < 4.78 is 0. The second kappa shape index (κ2) is 3.34. The molecule has 0 saturated carbocycles. The summed E-state index contributed by atoms with van der Waals surface area (Å²) in [7, 11) is 0. The Hall–Kier alpha value is -1.10. The summed E-state index contributed by atoms with van der Waals surface area (Å²) in [6.07, 6.45) is -0.0151. The van der Waals surface area contributed by atoms with Crippen LogP contribution in [-0.2, 0) is 9.59 Å². The number of carbonyl (C=O) groups is 2. The van der Waals surface area contributed by atoms with Crippen LogP contribution in [0.25, 0.3) is 0 Å². The van der Waals surface area contributed by atoms with E-state index in [2.05, 4.69) is 10.6 Å². The Labute approximate surface area is 63.8 Å². The molecule has 0 bridgehead atoms. The lowest BCUT2D eigenvalue weighted by molar-refractivity contribution is -0.137. The fourth-order valence-corrected chi connectivity index (χ4v) is 1.02. The van der Waals surface area contributed by atoms with E-state index < -0.39 is 5.97 Å². The van der Waals surface area contributed by atoms with E-state index in [1.54, 1.807) is 0 Å². The van der Waals surface area contributed by atoms with Gasteiger partial charge < -0.3 is 15.7 Å². The third-order valence-corrected chi connectivity index (χ3v) is 1.46. The summed E-state index contributed by atoms with van der Waals surface area (Å²) in [5.41, 5.74) is 0. The van der Waals surface area contributed by atoms with Gasteiger partial charge in [-0.2, -0.15) is 0 Å². The van der Waals surface area contributed by atoms with Gasteiger partial charge in [-0.25, -0.2) is 0 Å². The average Bonchev–Trinajstić information content (AvgIpc) is 1.85. The zero-order chi connectivity index (χ0) is 8.27. The molecule has 62 valence electrons. The fourth-order valence-electron chi connectivity index (χ4n) is 1.02. The second-order valence-electron chi connectivity index (χ2n) is 2.49. The number of carboxylic acid groups (broad SMARTS) is 1. The molecule has 1 fully saturated rings. The van der Waals surface area contributed by atoms with Crippen LogP contribution in [0.15, 0.2) is 0 Å². The molecule has 0 aliphatic carbocycles. The number of nitrogens with one attached hydrogen (secondary N) is 2. The van der Waals surface area contributed by atoms with E-state index in [4.69, 9.17) is 5.11 Å². The predicted molar refractivity (Wildman–Crippen MR) is 37.1 cm³/mol. The fraction of sp³-hybridized carbons (Fsp3) is 0.667. The number of rotatable bonds is 2. The van der Waals surface area contributed by atoms with Gasteiger partial charge in [-0.1, -0.05) is 0 Å². The first-order valence-corrected chi connectivity index (χ1v) is 3.40. The van der Waals surface area contributed by atoms with Gasteiger partial charge in [-0.15, -0.1) is 0 Å². The van der Waals surface area contributed by atoms with E-state index in [9.17, 15) is 9.59 Å². The third-order valence-electron chi connectivity index (χ3n) is 1.46. The zero-order valence-electron chi connectivity index (χ0n) is 5.96. The minimum absolute atomic E-state index is 0.0151. The van der Waals surface area contributed by atoms with Gasteiger partial charge in [0, 0.05) is 6.54 Å². The molecular weight excluding hydrogens is 148 g/mol. The molecule has 1 amide bonds. The van der Waals surface area contributed by atoms with Crippen molar-refractivity contribution in [3.05, 3.63) is 0 Å². The first-order valence-electron chi connectivity index (χ1n) is 3.40. The SMILES string of the molecule is O=C(O)C[C@H]1CNCC(=O)N1. The number of hydrogen-bond donors (Lipinski definition) is 3. The van der Waals surface area contributed by atoms with E-state index in [1.807, 2.05) is 0 Å². The molecule has 1 aliphatic rings. The molecule has 1 rings (SSSR count). The summed E-state index contributed by atoms with van der Waals surface area (Å²) in [6.45, 7) is 0.828. The molecule has 5 heteroatoms. The van der Waals surface area contributed by atoms with E-state index >= 15 is 0 Å². The van der Waals surface area contributed by atoms with Crippen molar-refractivity contribution in [3.8, 4) is 0 Å². The van der Waals surface area contributed by atoms with Gasteiger partial charge in [0.2, 0.25) is 5.91 Å². The molecule has 11 heavy (non-hydrogen) atoms. The van der Waals surface area contributed by atoms with Gasteiger partial charge >= 0.3 is 5.97 Å². The molecule has 0 aromatic heterocycles. The van der Waals surface area contributed by atoms with E-state index in [0.717, 1.165) is 0 Å². The van der Waals surface area contributed by atoms with Gasteiger partial charge in [-0.05, 0) is 0 Å². The minimum Gasteiger partial charge on any atom is -0.481 e. The lowest BCUT2D eigenvalue weighted by Gasteiger charge is -2.22. The molecule has 1 saturated heterocycles. The van der Waals surface area contributed by atoms with E-state index in [0.29, 0.717) is 6.54 Å². The van der Waals surface area contributed by atoms with Crippen LogP contribution >= 0.6 is 0 Å². The number of carboxylic acids is 1. The average molecular weight is 158 g/mol. The van der Waals surface area contributed by atoms with Gasteiger partial charge in [0.1, 0.15) is 0 Å². The normalized spacial score (nSPS) is 24.4. The number of piperazine rings is 1. The maximum Gasteiger partial charge on any atom is 0.305 e. The van der Waals surface area contributed by atoms with Crippen LogP contribution in [0.5, 0.6) is 0 Å². The topological polar surface area (TPSA) is 78.4 Å². The summed E-state index contributed by atoms with van der Waals surface area (Å²) >= 11 is 0. The largest absolute Gasteiger partial charge is 0.481 e. The van der Waals surface area contributed by atoms with Gasteiger partial charge in [-0.3, -0.25) is 9.59 Å². The quantitative estimate of drug-likeness (QED) is 0.459. The Morgan fingerprint density at radius 2 is 2.45 bits per heavy atom. The molecule has 1 aliphatic heterocycles. The Balaban J connectivity index is 2.34. The van der Waals surface area contributed by atoms with Crippen LogP contribution in [-0.4, -0.2) is 36.1 Å². The third kappa shape index (κ3) is 2.55. The number of hydrogen-bond acceptors (Lipinski definition) is 3. The van der Waals surface area contributed by atoms with Crippen molar-refractivity contribution in [2.24, 2.45) is 0 Å². The van der Waals surface area contributed by atoms with Crippen LogP contribution < -0.4 is 10.6 Å². The zero-order valence-corrected chi connectivity index (χ0v) is 5.96. The second-order valence-corrected chi connectivity index (χ2v) is 2.49. The maximum atomic E-state index is 10.7. The van der Waals surface area contributed by atoms with Crippen LogP contribution in [0.1, 0.15) is 6.42 Å². The monoisotopic (exact) mass is 158 g/mol. The van der Waals surface area contributed by atoms with E-state index in [-0.39, 0.29) is 24.9 Å². The molecule has 0 spiro atoms. The Morgan fingerprint density at radius 3 is 3.00 bits per heavy atom. The molecule has 0 aromatic carbocycles. The molecule has 5 nitrogen and oxygen atoms in total. The Kier molecular flexibility index (Phi) is 2.43. The summed E-state index contributed by atoms with van der Waals surface area (Å²) in [5.74, 6) is -1.03. The molecular formula is C6H10N2O3. The van der Waals surface area contributed by atoms with Crippen molar-refractivity contribution in [3.63, 3.8) is 0 Å². The van der Waals surface area contributed by atoms with Crippen LogP contribution in [0, 0.1) is 0 Å². The van der Waals surface area contributed by atoms with Gasteiger partial charge in [0.25, 0.3) is 0 Å². The highest BCUT2D eigenvalue weighted by Gasteiger charge is 2.19. The molecule has 0 aromatic rings. The van der Waals surface area contributed by atoms with Crippen molar-refractivity contribution in [1.29, 1.82) is 0 Å². The molecule has 3 N–H and O–H groups in total. The smallest absolute Gasteiger partial charge is 0.305 e. The highest BCUT2D eigenvalue weighted by molar-refractivity contribution is 5.80. The van der Waals surface area contributed by atoms with Crippen molar-refractivity contribution in [1.82, 2.24) is 10.6 Å². The van der Waals surface area contributed by atoms with Crippen molar-refractivity contribution in [2.45, 2.75) is 12.5 Å². The lowest BCUT2D eigenvalue weighted by Crippen LogP contribution is -2.52. The van der Waals surface area contributed by atoms with E-state index in [1.165, 1.54) is 0 Å². The van der Waals surface area contributed by atoms with Crippen molar-refractivity contribution in [2.75, 3.05) is 13.1 Å². The lowest BCUT2D eigenvalue weighted by atomic mass is 10.2. The summed E-state index contributed by atoms with van der Waals surface area (Å²) in [4.78, 5) is 20.9. The predicted octanol–water partition coefficient (Wildman–Crippen LogP) is -1.45. The highest BCUT2D eigenvalue weighted by atomic mass is 16.4. The molecule has 1 heterocycles. The van der Waals surface area contributed by atoms with Gasteiger partial charge in [0.05, 0.1) is 19.0 Å². The first-order chi connectivity index (χ1) is 5.18. The minimum atomic E-state index is -0.890. The first kappa shape index (κ1) is 8.00. The Bertz CT molecular complexity index is 179. The van der Waals surface area contributed by atoms with Crippen molar-refractivity contribution < 1.29 is 14.7 Å². The van der Waals surface area contributed by atoms with Crippen LogP contribution in [0.2, 0.25) is 0 Å². The molecule has 0 radical (unpaired) electrons. The van der Waals surface area contributed by atoms with Gasteiger partial charge in [0.15, 0.2) is 0 Å². The molecule has 0 unspecified atom stereocenters. The summed E-state index contributed by atoms with van der Waals surface area (Å²) in [5, 5.41) is 13.8. The highest BCUT2D eigenvalue weighted by Crippen LogP contribution is 1.93. The van der Waals surface area contributed by atoms with Crippen molar-refractivity contribution >= 4 is 11.9 Å². The van der Waals surface area contributed by atoms with Crippen LogP contribution in [0.3, 0.4) is 0 Å². The molecule has 1 atom stereocenters. The number of amides is 1.